The molecule has 1 aromatic carbocycles. The summed E-state index contributed by atoms with van der Waals surface area (Å²) in [5.74, 6) is -0.208. The van der Waals surface area contributed by atoms with Crippen molar-refractivity contribution in [3.8, 4) is 0 Å². The van der Waals surface area contributed by atoms with Gasteiger partial charge in [0.15, 0.2) is 5.69 Å². The first-order valence-electron chi connectivity index (χ1n) is 5.37. The molecule has 0 saturated carbocycles. The van der Waals surface area contributed by atoms with Crippen molar-refractivity contribution in [3.63, 3.8) is 0 Å². The van der Waals surface area contributed by atoms with E-state index in [0.29, 0.717) is 6.61 Å². The van der Waals surface area contributed by atoms with Crippen LogP contribution in [-0.2, 0) is 22.7 Å². The molecule has 0 aliphatic carbocycles. The van der Waals surface area contributed by atoms with Gasteiger partial charge >= 0.3 is 5.97 Å². The van der Waals surface area contributed by atoms with Crippen LogP contribution in [-0.4, -0.2) is 5.97 Å². The third-order valence-electron chi connectivity index (χ3n) is 2.42. The Hall–Kier alpha value is -1.68. The number of benzene rings is 1. The van der Waals surface area contributed by atoms with Crippen molar-refractivity contribution in [2.24, 2.45) is 0 Å². The van der Waals surface area contributed by atoms with Crippen molar-refractivity contribution in [2.75, 3.05) is 0 Å². The summed E-state index contributed by atoms with van der Waals surface area (Å²) in [5, 5.41) is 2.00. The number of ether oxygens (including phenoxy) is 1. The monoisotopic (exact) mass is 248 g/mol. The highest BCUT2D eigenvalue weighted by molar-refractivity contribution is 7.07. The zero-order valence-electron chi connectivity index (χ0n) is 9.63. The van der Waals surface area contributed by atoms with Gasteiger partial charge in [-0.2, -0.15) is 4.57 Å². The lowest BCUT2D eigenvalue weighted by Gasteiger charge is -2.02. The highest BCUT2D eigenvalue weighted by Crippen LogP contribution is 2.01. The van der Waals surface area contributed by atoms with E-state index in [1.807, 2.05) is 52.7 Å². The molecule has 1 aromatic heterocycles. The third kappa shape index (κ3) is 3.39. The van der Waals surface area contributed by atoms with Crippen LogP contribution in [0.15, 0.2) is 41.2 Å². The minimum absolute atomic E-state index is 0.208. The van der Waals surface area contributed by atoms with Crippen molar-refractivity contribution in [3.05, 3.63) is 52.5 Å². The van der Waals surface area contributed by atoms with Gasteiger partial charge in [0.05, 0.1) is 5.38 Å². The van der Waals surface area contributed by atoms with Crippen molar-refractivity contribution in [1.82, 2.24) is 0 Å². The first-order valence-corrected chi connectivity index (χ1v) is 6.32. The molecule has 0 spiro atoms. The average molecular weight is 248 g/mol. The Morgan fingerprint density at radius 1 is 1.35 bits per heavy atom. The molecule has 1 heterocycles. The lowest BCUT2D eigenvalue weighted by Crippen LogP contribution is -2.38. The Morgan fingerprint density at radius 2 is 2.12 bits per heavy atom. The second-order valence-corrected chi connectivity index (χ2v) is 4.49. The fraction of sp³-hybridized carbons (Fsp3) is 0.231. The molecule has 88 valence electrons. The maximum absolute atomic E-state index is 11.6. The molecule has 0 N–H and O–H groups in total. The third-order valence-corrected chi connectivity index (χ3v) is 3.28. The normalized spacial score (nSPS) is 10.2. The molecule has 0 aliphatic rings. The number of aromatic nitrogens is 1. The van der Waals surface area contributed by atoms with Gasteiger partial charge in [0.1, 0.15) is 6.61 Å². The number of aryl methyl sites for hydroxylation is 1. The van der Waals surface area contributed by atoms with E-state index in [0.717, 1.165) is 11.3 Å². The van der Waals surface area contributed by atoms with E-state index in [1.165, 1.54) is 0 Å². The summed E-state index contributed by atoms with van der Waals surface area (Å²) in [5.41, 5.74) is 4.00. The summed E-state index contributed by atoms with van der Waals surface area (Å²) in [7, 11) is 0. The molecule has 2 rings (SSSR count). The molecule has 17 heavy (non-hydrogen) atoms. The molecule has 0 aliphatic heterocycles. The fourth-order valence-corrected chi connectivity index (χ4v) is 2.22. The average Bonchev–Trinajstić information content (AvgIpc) is 2.74. The topological polar surface area (TPSA) is 30.2 Å². The van der Waals surface area contributed by atoms with E-state index in [1.54, 1.807) is 11.3 Å². The summed E-state index contributed by atoms with van der Waals surface area (Å²) < 4.78 is 7.09. The van der Waals surface area contributed by atoms with Crippen LogP contribution in [0.1, 0.15) is 11.3 Å². The molecule has 0 atom stereocenters. The largest absolute Gasteiger partial charge is 0.456 e. The molecule has 0 bridgehead atoms. The number of thiazole rings is 1. The van der Waals surface area contributed by atoms with Gasteiger partial charge < -0.3 is 4.74 Å². The number of carbonyl (C=O) groups excluding carboxylic acids is 1. The zero-order valence-corrected chi connectivity index (χ0v) is 10.4. The van der Waals surface area contributed by atoms with E-state index in [2.05, 4.69) is 0 Å². The summed E-state index contributed by atoms with van der Waals surface area (Å²) in [4.78, 5) is 11.6. The van der Waals surface area contributed by atoms with E-state index in [9.17, 15) is 4.79 Å². The summed E-state index contributed by atoms with van der Waals surface area (Å²) in [6.07, 6.45) is 0. The van der Waals surface area contributed by atoms with E-state index >= 15 is 0 Å². The van der Waals surface area contributed by atoms with Crippen LogP contribution in [0.5, 0.6) is 0 Å². The molecular weight excluding hydrogens is 234 g/mol. The highest BCUT2D eigenvalue weighted by Gasteiger charge is 2.14. The fourth-order valence-electron chi connectivity index (χ4n) is 1.44. The van der Waals surface area contributed by atoms with Gasteiger partial charge in [-0.3, -0.25) is 0 Å². The smallest absolute Gasteiger partial charge is 0.373 e. The Kier molecular flexibility index (Phi) is 3.88. The van der Waals surface area contributed by atoms with Crippen LogP contribution in [0.25, 0.3) is 0 Å². The molecule has 0 fully saturated rings. The second-order valence-electron chi connectivity index (χ2n) is 3.77. The number of hydrogen-bond acceptors (Lipinski definition) is 3. The maximum Gasteiger partial charge on any atom is 0.373 e. The van der Waals surface area contributed by atoms with Gasteiger partial charge in [-0.25, -0.2) is 4.79 Å². The number of rotatable bonds is 4. The van der Waals surface area contributed by atoms with Crippen LogP contribution in [0.2, 0.25) is 0 Å². The van der Waals surface area contributed by atoms with Crippen LogP contribution in [0.4, 0.5) is 0 Å². The van der Waals surface area contributed by atoms with Crippen molar-refractivity contribution in [1.29, 1.82) is 0 Å². The molecule has 0 amide bonds. The van der Waals surface area contributed by atoms with Crippen LogP contribution >= 0.6 is 11.3 Å². The van der Waals surface area contributed by atoms with Gasteiger partial charge in [-0.15, -0.1) is 0 Å². The summed E-state index contributed by atoms with van der Waals surface area (Å²) in [6.45, 7) is 2.59. The molecule has 3 nitrogen and oxygen atoms in total. The predicted octanol–water partition coefficient (Wildman–Crippen LogP) is 2.09. The Bertz CT molecular complexity index is 493. The van der Waals surface area contributed by atoms with Crippen molar-refractivity contribution >= 4 is 17.3 Å². The lowest BCUT2D eigenvalue weighted by molar-refractivity contribution is -0.687. The SMILES string of the molecule is Cc1csc[n+]1CC(=O)OCc1ccccc1. The Balaban J connectivity index is 1.85. The van der Waals surface area contributed by atoms with E-state index in [-0.39, 0.29) is 12.5 Å². The standard InChI is InChI=1S/C13H14NO2S/c1-11-9-17-10-14(11)7-13(15)16-8-12-5-3-2-4-6-12/h2-6,9-10H,7-8H2,1H3/q+1. The second kappa shape index (κ2) is 5.59. The van der Waals surface area contributed by atoms with Gasteiger partial charge in [-0.1, -0.05) is 41.7 Å². The van der Waals surface area contributed by atoms with Crippen LogP contribution in [0.3, 0.4) is 0 Å². The molecular formula is C13H14NO2S+. The summed E-state index contributed by atoms with van der Waals surface area (Å²) >= 11 is 1.58. The number of hydrogen-bond donors (Lipinski definition) is 0. The van der Waals surface area contributed by atoms with E-state index < -0.39 is 0 Å². The Labute approximate surface area is 104 Å². The number of esters is 1. The highest BCUT2D eigenvalue weighted by atomic mass is 32.1. The number of nitrogens with zero attached hydrogens (tertiary/aromatic N) is 1. The van der Waals surface area contributed by atoms with Gasteiger partial charge in [0, 0.05) is 6.92 Å². The quantitative estimate of drug-likeness (QED) is 0.612. The zero-order chi connectivity index (χ0) is 12.1. The van der Waals surface area contributed by atoms with Gasteiger partial charge in [0.25, 0.3) is 0 Å². The van der Waals surface area contributed by atoms with Gasteiger partial charge in [-0.05, 0) is 5.56 Å². The molecule has 0 saturated heterocycles. The molecule has 0 radical (unpaired) electrons. The van der Waals surface area contributed by atoms with Crippen LogP contribution < -0.4 is 4.57 Å². The molecule has 0 unspecified atom stereocenters. The van der Waals surface area contributed by atoms with Crippen LogP contribution in [0, 0.1) is 6.92 Å². The molecule has 4 heteroatoms. The first kappa shape index (κ1) is 11.8. The Morgan fingerprint density at radius 3 is 2.76 bits per heavy atom. The van der Waals surface area contributed by atoms with Crippen molar-refractivity contribution in [2.45, 2.75) is 20.1 Å². The minimum Gasteiger partial charge on any atom is -0.456 e. The molecule has 2 aromatic rings. The minimum atomic E-state index is -0.208. The van der Waals surface area contributed by atoms with Gasteiger partial charge in [0.2, 0.25) is 12.1 Å². The van der Waals surface area contributed by atoms with Crippen molar-refractivity contribution < 1.29 is 14.1 Å². The van der Waals surface area contributed by atoms with E-state index in [4.69, 9.17) is 4.74 Å². The summed E-state index contributed by atoms with van der Waals surface area (Å²) in [6, 6.07) is 9.68. The first-order chi connectivity index (χ1) is 8.25. The maximum atomic E-state index is 11.6. The predicted molar refractivity (Wildman–Crippen MR) is 65.5 cm³/mol. The lowest BCUT2D eigenvalue weighted by atomic mass is 10.2. The number of carbonyl (C=O) groups is 1.